The van der Waals surface area contributed by atoms with Gasteiger partial charge in [0, 0.05) is 9.70 Å². The van der Waals surface area contributed by atoms with Gasteiger partial charge in [0.2, 0.25) is 0 Å². The Labute approximate surface area is 130 Å². The lowest BCUT2D eigenvalue weighted by molar-refractivity contribution is -0.0157. The first-order chi connectivity index (χ1) is 8.44. The highest BCUT2D eigenvalue weighted by Gasteiger charge is 2.42. The van der Waals surface area contributed by atoms with Gasteiger partial charge in [-0.1, -0.05) is 28.1 Å². The monoisotopic (exact) mass is 352 g/mol. The van der Waals surface area contributed by atoms with E-state index in [1.165, 1.54) is 0 Å². The average molecular weight is 354 g/mol. The van der Waals surface area contributed by atoms with Gasteiger partial charge >= 0.3 is 0 Å². The van der Waals surface area contributed by atoms with Gasteiger partial charge in [0.15, 0.2) is 0 Å². The zero-order valence-corrected chi connectivity index (χ0v) is 14.6. The fraction of sp³-hybridized carbons (Fsp3) is 0.867. The molecule has 0 bridgehead atoms. The van der Waals surface area contributed by atoms with Crippen molar-refractivity contribution in [3.63, 3.8) is 0 Å². The van der Waals surface area contributed by atoms with E-state index in [9.17, 15) is 10.2 Å². The van der Waals surface area contributed by atoms with E-state index >= 15 is 0 Å². The van der Waals surface area contributed by atoms with Crippen molar-refractivity contribution in [1.82, 2.24) is 0 Å². The SMILES string of the molecule is CC(C)(O)C=CCC(C)(O)C1CCC(C)(Br)C(Cl)C1. The van der Waals surface area contributed by atoms with E-state index < -0.39 is 11.2 Å². The second-order valence-corrected chi connectivity index (χ2v) is 9.17. The molecular weight excluding hydrogens is 328 g/mol. The second kappa shape index (κ2) is 6.05. The third-order valence-corrected chi connectivity index (χ3v) is 5.94. The van der Waals surface area contributed by atoms with Crippen molar-refractivity contribution >= 4 is 27.5 Å². The van der Waals surface area contributed by atoms with Crippen LogP contribution in [0.3, 0.4) is 0 Å². The molecule has 0 amide bonds. The summed E-state index contributed by atoms with van der Waals surface area (Å²) in [5.74, 6) is 0.201. The van der Waals surface area contributed by atoms with E-state index in [1.54, 1.807) is 19.9 Å². The Morgan fingerprint density at radius 2 is 1.95 bits per heavy atom. The molecule has 4 atom stereocenters. The van der Waals surface area contributed by atoms with Gasteiger partial charge in [-0.2, -0.15) is 0 Å². The van der Waals surface area contributed by atoms with Crippen LogP contribution in [0, 0.1) is 5.92 Å². The summed E-state index contributed by atoms with van der Waals surface area (Å²) in [7, 11) is 0. The van der Waals surface area contributed by atoms with Crippen molar-refractivity contribution in [1.29, 1.82) is 0 Å². The smallest absolute Gasteiger partial charge is 0.0771 e. The maximum atomic E-state index is 10.6. The quantitative estimate of drug-likeness (QED) is 0.592. The van der Waals surface area contributed by atoms with Crippen molar-refractivity contribution in [2.75, 3.05) is 0 Å². The molecule has 4 unspecified atom stereocenters. The van der Waals surface area contributed by atoms with Gasteiger partial charge in [-0.15, -0.1) is 11.6 Å². The Kier molecular flexibility index (Phi) is 5.56. The molecule has 1 aliphatic carbocycles. The van der Waals surface area contributed by atoms with Crippen LogP contribution in [0.2, 0.25) is 0 Å². The number of alkyl halides is 2. The van der Waals surface area contributed by atoms with E-state index in [-0.39, 0.29) is 15.6 Å². The molecule has 1 aliphatic rings. The van der Waals surface area contributed by atoms with Gasteiger partial charge in [-0.3, -0.25) is 0 Å². The molecule has 112 valence electrons. The largest absolute Gasteiger partial charge is 0.390 e. The topological polar surface area (TPSA) is 40.5 Å². The molecule has 0 radical (unpaired) electrons. The van der Waals surface area contributed by atoms with Crippen LogP contribution in [0.5, 0.6) is 0 Å². The molecule has 0 saturated heterocycles. The van der Waals surface area contributed by atoms with Crippen LogP contribution >= 0.6 is 27.5 Å². The first-order valence-corrected chi connectivity index (χ1v) is 8.12. The van der Waals surface area contributed by atoms with Crippen LogP contribution in [0.15, 0.2) is 12.2 Å². The van der Waals surface area contributed by atoms with Crippen LogP contribution in [-0.2, 0) is 0 Å². The van der Waals surface area contributed by atoms with Crippen molar-refractivity contribution in [3.8, 4) is 0 Å². The molecule has 0 aliphatic heterocycles. The molecule has 4 heteroatoms. The number of rotatable bonds is 4. The highest BCUT2D eigenvalue weighted by molar-refractivity contribution is 9.10. The zero-order valence-electron chi connectivity index (χ0n) is 12.3. The third kappa shape index (κ3) is 5.37. The van der Waals surface area contributed by atoms with E-state index in [2.05, 4.69) is 22.9 Å². The molecule has 0 spiro atoms. The lowest BCUT2D eigenvalue weighted by Crippen LogP contribution is -2.44. The average Bonchev–Trinajstić information content (AvgIpc) is 2.19. The summed E-state index contributed by atoms with van der Waals surface area (Å²) in [4.78, 5) is 0. The number of hydrogen-bond acceptors (Lipinski definition) is 2. The molecule has 1 fully saturated rings. The first kappa shape index (κ1) is 17.5. The molecule has 0 aromatic rings. The molecule has 1 rings (SSSR count). The van der Waals surface area contributed by atoms with E-state index in [4.69, 9.17) is 11.6 Å². The minimum atomic E-state index is -0.827. The first-order valence-electron chi connectivity index (χ1n) is 6.89. The summed E-state index contributed by atoms with van der Waals surface area (Å²) in [5, 5.41) is 20.3. The third-order valence-electron chi connectivity index (χ3n) is 4.06. The maximum Gasteiger partial charge on any atom is 0.0771 e. The van der Waals surface area contributed by atoms with Crippen LogP contribution in [0.25, 0.3) is 0 Å². The van der Waals surface area contributed by atoms with Gasteiger partial charge < -0.3 is 10.2 Å². The van der Waals surface area contributed by atoms with Crippen LogP contribution in [-0.4, -0.2) is 31.1 Å². The van der Waals surface area contributed by atoms with Crippen molar-refractivity contribution < 1.29 is 10.2 Å². The Balaban J connectivity index is 2.61. The molecular formula is C15H26BrClO2. The predicted molar refractivity (Wildman–Crippen MR) is 85.0 cm³/mol. The minimum absolute atomic E-state index is 0.0237. The van der Waals surface area contributed by atoms with Crippen molar-refractivity contribution in [2.24, 2.45) is 5.92 Å². The van der Waals surface area contributed by atoms with Gasteiger partial charge in [0.05, 0.1) is 11.2 Å². The number of hydrogen-bond donors (Lipinski definition) is 2. The molecule has 19 heavy (non-hydrogen) atoms. The molecule has 0 heterocycles. The number of aliphatic hydroxyl groups is 2. The van der Waals surface area contributed by atoms with E-state index in [0.29, 0.717) is 6.42 Å². The highest BCUT2D eigenvalue weighted by Crippen LogP contribution is 2.45. The summed E-state index contributed by atoms with van der Waals surface area (Å²) in [6, 6.07) is 0. The summed E-state index contributed by atoms with van der Waals surface area (Å²) in [6.45, 7) is 7.43. The van der Waals surface area contributed by atoms with Gasteiger partial charge in [0.1, 0.15) is 0 Å². The zero-order chi connectivity index (χ0) is 14.9. The normalized spacial score (nSPS) is 36.4. The van der Waals surface area contributed by atoms with Gasteiger partial charge in [-0.25, -0.2) is 0 Å². The molecule has 1 saturated carbocycles. The number of halogens is 2. The van der Waals surface area contributed by atoms with Crippen LogP contribution in [0.1, 0.15) is 53.4 Å². The lowest BCUT2D eigenvalue weighted by atomic mass is 9.73. The fourth-order valence-electron chi connectivity index (χ4n) is 2.54. The Hall–Kier alpha value is 0.430. The van der Waals surface area contributed by atoms with E-state index in [1.807, 2.05) is 13.0 Å². The maximum absolute atomic E-state index is 10.6. The van der Waals surface area contributed by atoms with Crippen molar-refractivity contribution in [2.45, 2.75) is 74.3 Å². The Bertz CT molecular complexity index is 332. The summed E-state index contributed by atoms with van der Waals surface area (Å²) < 4.78 is -0.0237. The molecule has 2 N–H and O–H groups in total. The molecule has 0 aromatic heterocycles. The minimum Gasteiger partial charge on any atom is -0.390 e. The van der Waals surface area contributed by atoms with E-state index in [0.717, 1.165) is 19.3 Å². The fourth-order valence-corrected chi connectivity index (χ4v) is 3.28. The van der Waals surface area contributed by atoms with Gasteiger partial charge in [-0.05, 0) is 59.3 Å². The predicted octanol–water partition coefficient (Wildman–Crippen LogP) is 4.02. The van der Waals surface area contributed by atoms with Crippen LogP contribution in [0.4, 0.5) is 0 Å². The summed E-state index contributed by atoms with van der Waals surface area (Å²) >= 11 is 10.1. The summed E-state index contributed by atoms with van der Waals surface area (Å²) in [5.41, 5.74) is -1.59. The highest BCUT2D eigenvalue weighted by atomic mass is 79.9. The lowest BCUT2D eigenvalue weighted by Gasteiger charge is -2.43. The molecule has 2 nitrogen and oxygen atoms in total. The standard InChI is InChI=1S/C15H26BrClO2/c1-13(2,18)7-5-8-15(4,19)11-6-9-14(3,16)12(17)10-11/h5,7,11-12,18-19H,6,8-10H2,1-4H3. The Morgan fingerprint density at radius 1 is 1.37 bits per heavy atom. The van der Waals surface area contributed by atoms with Crippen LogP contribution < -0.4 is 0 Å². The second-order valence-electron chi connectivity index (χ2n) is 6.83. The van der Waals surface area contributed by atoms with Crippen molar-refractivity contribution in [3.05, 3.63) is 12.2 Å². The Morgan fingerprint density at radius 3 is 2.42 bits per heavy atom. The summed E-state index contributed by atoms with van der Waals surface area (Å²) in [6.07, 6.45) is 6.89. The van der Waals surface area contributed by atoms with Gasteiger partial charge in [0.25, 0.3) is 0 Å². The molecule has 0 aromatic carbocycles.